The van der Waals surface area contributed by atoms with Gasteiger partial charge in [0.1, 0.15) is 5.82 Å². The predicted molar refractivity (Wildman–Crippen MR) is 82.2 cm³/mol. The molecule has 0 amide bonds. The first-order chi connectivity index (χ1) is 9.69. The van der Waals surface area contributed by atoms with Gasteiger partial charge in [0, 0.05) is 24.7 Å². The number of nitrogens with one attached hydrogen (secondary N) is 2. The van der Waals surface area contributed by atoms with E-state index in [1.165, 1.54) is 19.1 Å². The van der Waals surface area contributed by atoms with Crippen LogP contribution in [0.4, 0.5) is 4.39 Å². The molecular formula is C14H24FN3O2S. The summed E-state index contributed by atoms with van der Waals surface area (Å²) < 4.78 is 41.2. The molecule has 0 aliphatic rings. The number of hydrogen-bond donors (Lipinski definition) is 2. The Kier molecular flexibility index (Phi) is 6.27. The molecule has 120 valence electrons. The average Bonchev–Trinajstić information content (AvgIpc) is 2.40. The molecule has 0 fully saturated rings. The summed E-state index contributed by atoms with van der Waals surface area (Å²) in [6, 6.07) is 2.91. The van der Waals surface area contributed by atoms with Gasteiger partial charge in [-0.3, -0.25) is 0 Å². The van der Waals surface area contributed by atoms with Crippen LogP contribution in [-0.2, 0) is 16.6 Å². The van der Waals surface area contributed by atoms with E-state index in [4.69, 9.17) is 0 Å². The Hall–Kier alpha value is -1.02. The molecule has 0 heterocycles. The molecule has 1 unspecified atom stereocenters. The quantitative estimate of drug-likeness (QED) is 0.790. The second-order valence-corrected chi connectivity index (χ2v) is 7.13. The smallest absolute Gasteiger partial charge is 0.240 e. The van der Waals surface area contributed by atoms with E-state index in [9.17, 15) is 12.8 Å². The zero-order valence-electron chi connectivity index (χ0n) is 13.2. The molecule has 1 atom stereocenters. The van der Waals surface area contributed by atoms with Gasteiger partial charge >= 0.3 is 0 Å². The van der Waals surface area contributed by atoms with Crippen molar-refractivity contribution in [3.63, 3.8) is 0 Å². The molecule has 0 radical (unpaired) electrons. The minimum Gasteiger partial charge on any atom is -0.316 e. The van der Waals surface area contributed by atoms with Crippen LogP contribution >= 0.6 is 0 Å². The minimum atomic E-state index is -3.73. The highest BCUT2D eigenvalue weighted by atomic mass is 32.2. The van der Waals surface area contributed by atoms with E-state index in [-0.39, 0.29) is 23.0 Å². The summed E-state index contributed by atoms with van der Waals surface area (Å²) in [6.45, 7) is 4.07. The van der Waals surface area contributed by atoms with Gasteiger partial charge in [-0.2, -0.15) is 0 Å². The molecule has 7 heteroatoms. The summed E-state index contributed by atoms with van der Waals surface area (Å²) in [5.74, 6) is -0.510. The van der Waals surface area contributed by atoms with Crippen LogP contribution in [0.1, 0.15) is 18.1 Å². The largest absolute Gasteiger partial charge is 0.316 e. The number of rotatable bonds is 7. The third-order valence-corrected chi connectivity index (χ3v) is 5.03. The fourth-order valence-corrected chi connectivity index (χ4v) is 3.21. The van der Waals surface area contributed by atoms with Gasteiger partial charge in [-0.25, -0.2) is 17.5 Å². The van der Waals surface area contributed by atoms with Crippen LogP contribution in [0.5, 0.6) is 0 Å². The third-order valence-electron chi connectivity index (χ3n) is 3.48. The standard InChI is InChI=1S/C14H24FN3O2S/c1-10(18(4)5)8-17-21(19,20)14-7-12(9-16-3)6-13(15)11(14)2/h6-7,10,16-17H,8-9H2,1-5H3. The van der Waals surface area contributed by atoms with Crippen molar-refractivity contribution in [1.82, 2.24) is 14.9 Å². The van der Waals surface area contributed by atoms with Crippen LogP contribution < -0.4 is 10.0 Å². The lowest BCUT2D eigenvalue weighted by atomic mass is 10.1. The van der Waals surface area contributed by atoms with Crippen LogP contribution in [0.25, 0.3) is 0 Å². The number of halogens is 1. The van der Waals surface area contributed by atoms with Crippen LogP contribution in [0.2, 0.25) is 0 Å². The summed E-state index contributed by atoms with van der Waals surface area (Å²) in [5, 5.41) is 2.89. The molecule has 0 saturated carbocycles. The maximum Gasteiger partial charge on any atom is 0.240 e. The topological polar surface area (TPSA) is 61.4 Å². The Morgan fingerprint density at radius 1 is 1.33 bits per heavy atom. The fourth-order valence-electron chi connectivity index (χ4n) is 1.78. The molecule has 2 N–H and O–H groups in total. The second-order valence-electron chi connectivity index (χ2n) is 5.40. The molecule has 5 nitrogen and oxygen atoms in total. The van der Waals surface area contributed by atoms with E-state index in [1.807, 2.05) is 25.9 Å². The van der Waals surface area contributed by atoms with Crippen molar-refractivity contribution in [1.29, 1.82) is 0 Å². The molecule has 1 aromatic carbocycles. The third kappa shape index (κ3) is 4.74. The SMILES string of the molecule is CNCc1cc(F)c(C)c(S(=O)(=O)NCC(C)N(C)C)c1. The van der Waals surface area contributed by atoms with Gasteiger partial charge in [0.25, 0.3) is 0 Å². The van der Waals surface area contributed by atoms with Crippen molar-refractivity contribution in [3.8, 4) is 0 Å². The molecule has 0 aromatic heterocycles. The number of nitrogens with zero attached hydrogens (tertiary/aromatic N) is 1. The van der Waals surface area contributed by atoms with Crippen molar-refractivity contribution in [3.05, 3.63) is 29.1 Å². The van der Waals surface area contributed by atoms with E-state index in [2.05, 4.69) is 10.0 Å². The van der Waals surface area contributed by atoms with Gasteiger partial charge in [-0.15, -0.1) is 0 Å². The summed E-state index contributed by atoms with van der Waals surface area (Å²) >= 11 is 0. The number of hydrogen-bond acceptors (Lipinski definition) is 4. The van der Waals surface area contributed by atoms with Gasteiger partial charge in [-0.05, 0) is 52.7 Å². The van der Waals surface area contributed by atoms with Gasteiger partial charge in [0.05, 0.1) is 4.90 Å². The number of likely N-dealkylation sites (N-methyl/N-ethyl adjacent to an activating group) is 1. The van der Waals surface area contributed by atoms with Crippen LogP contribution in [-0.4, -0.2) is 47.0 Å². The molecule has 0 saturated heterocycles. The summed E-state index contributed by atoms with van der Waals surface area (Å²) in [5.41, 5.74) is 0.737. The van der Waals surface area contributed by atoms with Gasteiger partial charge < -0.3 is 10.2 Å². The summed E-state index contributed by atoms with van der Waals surface area (Å²) in [6.07, 6.45) is 0. The summed E-state index contributed by atoms with van der Waals surface area (Å²) in [4.78, 5) is 1.91. The van der Waals surface area contributed by atoms with Crippen molar-refractivity contribution < 1.29 is 12.8 Å². The minimum absolute atomic E-state index is 0.00120. The van der Waals surface area contributed by atoms with Crippen LogP contribution in [0.15, 0.2) is 17.0 Å². The zero-order chi connectivity index (χ0) is 16.2. The van der Waals surface area contributed by atoms with E-state index in [0.29, 0.717) is 12.1 Å². The highest BCUT2D eigenvalue weighted by Gasteiger charge is 2.21. The van der Waals surface area contributed by atoms with E-state index >= 15 is 0 Å². The lowest BCUT2D eigenvalue weighted by Gasteiger charge is -2.20. The lowest BCUT2D eigenvalue weighted by molar-refractivity contribution is 0.314. The highest BCUT2D eigenvalue weighted by Crippen LogP contribution is 2.20. The Morgan fingerprint density at radius 3 is 2.48 bits per heavy atom. The number of benzene rings is 1. The van der Waals surface area contributed by atoms with Gasteiger partial charge in [-0.1, -0.05) is 0 Å². The monoisotopic (exact) mass is 317 g/mol. The van der Waals surface area contributed by atoms with Crippen molar-refractivity contribution >= 4 is 10.0 Å². The first-order valence-electron chi connectivity index (χ1n) is 6.78. The normalized spacial score (nSPS) is 13.7. The lowest BCUT2D eigenvalue weighted by Crippen LogP contribution is -2.38. The van der Waals surface area contributed by atoms with Gasteiger partial charge in [0.2, 0.25) is 10.0 Å². The molecule has 0 bridgehead atoms. The van der Waals surface area contributed by atoms with E-state index in [1.54, 1.807) is 7.05 Å². The summed E-state index contributed by atoms with van der Waals surface area (Å²) in [7, 11) is 1.74. The maximum absolute atomic E-state index is 13.9. The Balaban J connectivity index is 3.07. The molecule has 0 spiro atoms. The molecular weight excluding hydrogens is 293 g/mol. The van der Waals surface area contributed by atoms with Crippen LogP contribution in [0, 0.1) is 12.7 Å². The van der Waals surface area contributed by atoms with Crippen LogP contribution in [0.3, 0.4) is 0 Å². The van der Waals surface area contributed by atoms with E-state index in [0.717, 1.165) is 0 Å². The molecule has 0 aliphatic carbocycles. The molecule has 0 aliphatic heterocycles. The Bertz CT molecular complexity index is 588. The second kappa shape index (κ2) is 7.31. The van der Waals surface area contributed by atoms with Gasteiger partial charge in [0.15, 0.2) is 0 Å². The zero-order valence-corrected chi connectivity index (χ0v) is 14.0. The van der Waals surface area contributed by atoms with Crippen molar-refractivity contribution in [2.75, 3.05) is 27.7 Å². The number of sulfonamides is 1. The first kappa shape index (κ1) is 18.0. The van der Waals surface area contributed by atoms with Crippen molar-refractivity contribution in [2.45, 2.75) is 31.3 Å². The molecule has 1 rings (SSSR count). The highest BCUT2D eigenvalue weighted by molar-refractivity contribution is 7.89. The fraction of sp³-hybridized carbons (Fsp3) is 0.571. The molecule has 21 heavy (non-hydrogen) atoms. The van der Waals surface area contributed by atoms with Crippen molar-refractivity contribution in [2.24, 2.45) is 0 Å². The molecule has 1 aromatic rings. The predicted octanol–water partition coefficient (Wildman–Crippen LogP) is 1.08. The van der Waals surface area contributed by atoms with E-state index < -0.39 is 15.8 Å². The Labute approximate surface area is 126 Å². The Morgan fingerprint density at radius 2 is 1.95 bits per heavy atom. The first-order valence-corrected chi connectivity index (χ1v) is 8.27. The average molecular weight is 317 g/mol. The maximum atomic E-state index is 13.9.